The van der Waals surface area contributed by atoms with Crippen LogP contribution in [0.1, 0.15) is 11.1 Å². The molecule has 0 unspecified atom stereocenters. The van der Waals surface area contributed by atoms with E-state index in [1.165, 1.54) is 5.56 Å². The molecule has 3 rings (SSSR count). The second kappa shape index (κ2) is 14.2. The van der Waals surface area contributed by atoms with Crippen molar-refractivity contribution < 1.29 is 9.47 Å². The molecule has 2 aromatic rings. The Morgan fingerprint density at radius 3 is 2.22 bits per heavy atom. The fraction of sp³-hybridized carbons (Fsp3) is 0.458. The van der Waals surface area contributed by atoms with Crippen LogP contribution in [0.4, 0.5) is 0 Å². The molecule has 1 aliphatic rings. The molecular weight excluding hydrogens is 517 g/mol. The summed E-state index contributed by atoms with van der Waals surface area (Å²) in [5.74, 6) is 2.27. The normalized spacial score (nSPS) is 15.0. The summed E-state index contributed by atoms with van der Waals surface area (Å²) in [4.78, 5) is 9.37. The number of hydrogen-bond acceptors (Lipinski definition) is 5. The van der Waals surface area contributed by atoms with Crippen LogP contribution in [-0.4, -0.2) is 76.3 Å². The van der Waals surface area contributed by atoms with E-state index in [0.717, 1.165) is 68.8 Å². The Balaban J connectivity index is 0.00000363. The van der Waals surface area contributed by atoms with Gasteiger partial charge in [-0.15, -0.1) is 24.0 Å². The van der Waals surface area contributed by atoms with Crippen molar-refractivity contribution in [1.29, 1.82) is 0 Å². The first-order chi connectivity index (χ1) is 15.2. The lowest BCUT2D eigenvalue weighted by molar-refractivity contribution is 0.129. The fourth-order valence-electron chi connectivity index (χ4n) is 3.74. The van der Waals surface area contributed by atoms with E-state index in [1.54, 1.807) is 21.3 Å². The van der Waals surface area contributed by atoms with E-state index in [4.69, 9.17) is 9.47 Å². The van der Waals surface area contributed by atoms with Crippen molar-refractivity contribution in [2.75, 3.05) is 60.5 Å². The summed E-state index contributed by atoms with van der Waals surface area (Å²) < 4.78 is 10.7. The molecule has 1 saturated heterocycles. The van der Waals surface area contributed by atoms with Crippen molar-refractivity contribution in [2.45, 2.75) is 13.1 Å². The summed E-state index contributed by atoms with van der Waals surface area (Å²) in [6.45, 7) is 8.01. The summed E-state index contributed by atoms with van der Waals surface area (Å²) in [6.07, 6.45) is 0. The van der Waals surface area contributed by atoms with E-state index >= 15 is 0 Å². The van der Waals surface area contributed by atoms with Crippen molar-refractivity contribution >= 4 is 29.9 Å². The molecule has 1 aliphatic heterocycles. The monoisotopic (exact) mass is 553 g/mol. The van der Waals surface area contributed by atoms with E-state index in [-0.39, 0.29) is 24.0 Å². The van der Waals surface area contributed by atoms with Crippen LogP contribution in [-0.2, 0) is 13.1 Å². The molecule has 1 heterocycles. The number of aliphatic imine (C=N–C) groups is 1. The highest BCUT2D eigenvalue weighted by Gasteiger charge is 2.16. The lowest BCUT2D eigenvalue weighted by Gasteiger charge is -2.34. The van der Waals surface area contributed by atoms with Gasteiger partial charge in [0.2, 0.25) is 0 Å². The van der Waals surface area contributed by atoms with Gasteiger partial charge in [-0.3, -0.25) is 14.8 Å². The quantitative estimate of drug-likeness (QED) is 0.283. The van der Waals surface area contributed by atoms with Crippen LogP contribution in [0, 0.1) is 0 Å². The minimum atomic E-state index is 0. The molecule has 0 amide bonds. The maximum absolute atomic E-state index is 5.38. The summed E-state index contributed by atoms with van der Waals surface area (Å²) in [5.41, 5.74) is 2.50. The van der Waals surface area contributed by atoms with Crippen molar-refractivity contribution in [3.63, 3.8) is 0 Å². The maximum Gasteiger partial charge on any atom is 0.191 e. The molecule has 0 aliphatic carbocycles. The first-order valence-corrected chi connectivity index (χ1v) is 10.9. The number of rotatable bonds is 9. The third-order valence-electron chi connectivity index (χ3n) is 5.57. The van der Waals surface area contributed by atoms with Gasteiger partial charge in [0.05, 0.1) is 14.2 Å². The largest absolute Gasteiger partial charge is 0.493 e. The molecule has 0 atom stereocenters. The summed E-state index contributed by atoms with van der Waals surface area (Å²) >= 11 is 0. The van der Waals surface area contributed by atoms with Crippen molar-refractivity contribution in [1.82, 2.24) is 20.4 Å². The minimum absolute atomic E-state index is 0. The Morgan fingerprint density at radius 1 is 0.875 bits per heavy atom. The molecule has 176 valence electrons. The van der Waals surface area contributed by atoms with Gasteiger partial charge >= 0.3 is 0 Å². The molecule has 0 aromatic heterocycles. The zero-order valence-corrected chi connectivity index (χ0v) is 21.7. The second-order valence-electron chi connectivity index (χ2n) is 7.65. The number of guanidine groups is 1. The van der Waals surface area contributed by atoms with Gasteiger partial charge in [0.15, 0.2) is 17.5 Å². The van der Waals surface area contributed by atoms with Crippen LogP contribution >= 0.6 is 24.0 Å². The van der Waals surface area contributed by atoms with Gasteiger partial charge in [-0.1, -0.05) is 36.4 Å². The van der Waals surface area contributed by atoms with Gasteiger partial charge in [0.25, 0.3) is 0 Å². The second-order valence-corrected chi connectivity index (χ2v) is 7.65. The highest BCUT2D eigenvalue weighted by Crippen LogP contribution is 2.27. The molecular formula is C24H36IN5O2. The number of hydrogen-bond donors (Lipinski definition) is 2. The maximum atomic E-state index is 5.38. The number of ether oxygens (including phenoxy) is 2. The first kappa shape index (κ1) is 26.2. The minimum Gasteiger partial charge on any atom is -0.493 e. The van der Waals surface area contributed by atoms with E-state index in [2.05, 4.69) is 55.8 Å². The Kier molecular flexibility index (Phi) is 11.6. The van der Waals surface area contributed by atoms with Gasteiger partial charge in [0.1, 0.15) is 0 Å². The molecule has 0 saturated carbocycles. The van der Waals surface area contributed by atoms with Crippen LogP contribution < -0.4 is 20.1 Å². The Hall–Kier alpha value is -2.04. The lowest BCUT2D eigenvalue weighted by Crippen LogP contribution is -2.48. The predicted molar refractivity (Wildman–Crippen MR) is 141 cm³/mol. The third-order valence-corrected chi connectivity index (χ3v) is 5.57. The SMILES string of the molecule is CN=C(NCCN1CCN(Cc2ccccc2)CC1)NCc1ccc(OC)c(OC)c1.I. The number of nitrogens with zero attached hydrogens (tertiary/aromatic N) is 3. The topological polar surface area (TPSA) is 61.4 Å². The molecule has 0 spiro atoms. The predicted octanol–water partition coefficient (Wildman–Crippen LogP) is 2.80. The van der Waals surface area contributed by atoms with Crippen LogP contribution in [0.3, 0.4) is 0 Å². The molecule has 2 N–H and O–H groups in total. The summed E-state index contributed by atoms with van der Waals surface area (Å²) in [5, 5.41) is 6.78. The van der Waals surface area contributed by atoms with Crippen LogP contribution in [0.2, 0.25) is 0 Å². The highest BCUT2D eigenvalue weighted by molar-refractivity contribution is 14.0. The molecule has 7 nitrogen and oxygen atoms in total. The van der Waals surface area contributed by atoms with Crippen molar-refractivity contribution in [3.8, 4) is 11.5 Å². The number of piperazine rings is 1. The van der Waals surface area contributed by atoms with E-state index < -0.39 is 0 Å². The molecule has 1 fully saturated rings. The smallest absolute Gasteiger partial charge is 0.191 e. The number of halogens is 1. The van der Waals surface area contributed by atoms with E-state index in [0.29, 0.717) is 6.54 Å². The fourth-order valence-corrected chi connectivity index (χ4v) is 3.74. The Labute approximate surface area is 209 Å². The standard InChI is InChI=1S/C24H35N5O2.HI/c1-25-24(27-18-21-9-10-22(30-2)23(17-21)31-3)26-11-12-28-13-15-29(16-14-28)19-20-7-5-4-6-8-20;/h4-10,17H,11-16,18-19H2,1-3H3,(H2,25,26,27);1H. The molecule has 32 heavy (non-hydrogen) atoms. The molecule has 0 bridgehead atoms. The zero-order chi connectivity index (χ0) is 21.9. The van der Waals surface area contributed by atoms with Gasteiger partial charge in [-0.05, 0) is 23.3 Å². The number of methoxy groups -OCH3 is 2. The third kappa shape index (κ3) is 8.14. The Morgan fingerprint density at radius 2 is 1.56 bits per heavy atom. The van der Waals surface area contributed by atoms with Gasteiger partial charge < -0.3 is 20.1 Å². The average molecular weight is 553 g/mol. The van der Waals surface area contributed by atoms with Crippen LogP contribution in [0.15, 0.2) is 53.5 Å². The summed E-state index contributed by atoms with van der Waals surface area (Å²) in [6, 6.07) is 16.6. The number of nitrogens with one attached hydrogen (secondary N) is 2. The average Bonchev–Trinajstić information content (AvgIpc) is 2.82. The summed E-state index contributed by atoms with van der Waals surface area (Å²) in [7, 11) is 5.09. The van der Waals surface area contributed by atoms with Crippen LogP contribution in [0.5, 0.6) is 11.5 Å². The van der Waals surface area contributed by atoms with Crippen molar-refractivity contribution in [2.24, 2.45) is 4.99 Å². The van der Waals surface area contributed by atoms with E-state index in [9.17, 15) is 0 Å². The van der Waals surface area contributed by atoms with Gasteiger partial charge in [-0.2, -0.15) is 0 Å². The Bertz CT molecular complexity index is 826. The van der Waals surface area contributed by atoms with Crippen molar-refractivity contribution in [3.05, 3.63) is 59.7 Å². The molecule has 0 radical (unpaired) electrons. The van der Waals surface area contributed by atoms with Gasteiger partial charge in [-0.25, -0.2) is 0 Å². The zero-order valence-electron chi connectivity index (χ0n) is 19.3. The highest BCUT2D eigenvalue weighted by atomic mass is 127. The number of benzene rings is 2. The first-order valence-electron chi connectivity index (χ1n) is 10.9. The molecule has 8 heteroatoms. The van der Waals surface area contributed by atoms with E-state index in [1.807, 2.05) is 18.2 Å². The van der Waals surface area contributed by atoms with Crippen LogP contribution in [0.25, 0.3) is 0 Å². The van der Waals surface area contributed by atoms with Gasteiger partial charge in [0, 0.05) is 59.4 Å². The molecule has 2 aromatic carbocycles. The lowest BCUT2D eigenvalue weighted by atomic mass is 10.2.